The highest BCUT2D eigenvalue weighted by Gasteiger charge is 2.23. The predicted octanol–water partition coefficient (Wildman–Crippen LogP) is 4.65. The molecule has 0 aliphatic carbocycles. The van der Waals surface area contributed by atoms with Crippen molar-refractivity contribution in [2.24, 2.45) is 0 Å². The first-order valence-corrected chi connectivity index (χ1v) is 10.0. The monoisotopic (exact) mass is 416 g/mol. The SMILES string of the molecule is COc1ccc(C2=C(c3cc(OC)c(OC)c(OC)c3)CCS2)cc1OC(C)=O. The highest BCUT2D eigenvalue weighted by Crippen LogP contribution is 2.48. The van der Waals surface area contributed by atoms with Gasteiger partial charge >= 0.3 is 5.97 Å². The van der Waals surface area contributed by atoms with Gasteiger partial charge in [-0.05, 0) is 53.5 Å². The second-order valence-electron chi connectivity index (χ2n) is 6.28. The number of ether oxygens (including phenoxy) is 5. The number of methoxy groups -OCH3 is 4. The average molecular weight is 416 g/mol. The van der Waals surface area contributed by atoms with Crippen molar-refractivity contribution in [3.63, 3.8) is 0 Å². The van der Waals surface area contributed by atoms with Gasteiger partial charge in [0.2, 0.25) is 5.75 Å². The van der Waals surface area contributed by atoms with Gasteiger partial charge in [0, 0.05) is 17.6 Å². The van der Waals surface area contributed by atoms with Crippen molar-refractivity contribution in [2.45, 2.75) is 13.3 Å². The van der Waals surface area contributed by atoms with Crippen LogP contribution < -0.4 is 23.7 Å². The zero-order chi connectivity index (χ0) is 21.0. The van der Waals surface area contributed by atoms with Gasteiger partial charge in [-0.3, -0.25) is 4.79 Å². The van der Waals surface area contributed by atoms with Crippen LogP contribution in [0.2, 0.25) is 0 Å². The third-order valence-electron chi connectivity index (χ3n) is 4.57. The number of rotatable bonds is 7. The Labute approximate surface area is 174 Å². The molecular weight excluding hydrogens is 392 g/mol. The number of hydrogen-bond acceptors (Lipinski definition) is 7. The maximum absolute atomic E-state index is 11.5. The molecule has 0 atom stereocenters. The van der Waals surface area contributed by atoms with Gasteiger partial charge in [-0.25, -0.2) is 0 Å². The molecule has 1 heterocycles. The third-order valence-corrected chi connectivity index (χ3v) is 5.74. The lowest BCUT2D eigenvalue weighted by molar-refractivity contribution is -0.132. The Morgan fingerprint density at radius 3 is 2.00 bits per heavy atom. The Hall–Kier alpha value is -2.80. The van der Waals surface area contributed by atoms with E-state index in [4.69, 9.17) is 23.7 Å². The first-order valence-electron chi connectivity index (χ1n) is 9.05. The second-order valence-corrected chi connectivity index (χ2v) is 7.38. The molecule has 0 aromatic heterocycles. The lowest BCUT2D eigenvalue weighted by Crippen LogP contribution is -2.03. The molecule has 6 nitrogen and oxygen atoms in total. The molecule has 0 fully saturated rings. The molecule has 2 aromatic carbocycles. The molecule has 3 rings (SSSR count). The third kappa shape index (κ3) is 4.29. The smallest absolute Gasteiger partial charge is 0.308 e. The molecule has 1 aliphatic rings. The summed E-state index contributed by atoms with van der Waals surface area (Å²) < 4.78 is 27.1. The predicted molar refractivity (Wildman–Crippen MR) is 114 cm³/mol. The quantitative estimate of drug-likeness (QED) is 0.481. The van der Waals surface area contributed by atoms with Crippen molar-refractivity contribution in [1.82, 2.24) is 0 Å². The van der Waals surface area contributed by atoms with E-state index in [0.717, 1.165) is 28.2 Å². The summed E-state index contributed by atoms with van der Waals surface area (Å²) in [5.41, 5.74) is 3.14. The molecular formula is C22H24O6S. The molecule has 0 bridgehead atoms. The van der Waals surface area contributed by atoms with E-state index in [1.54, 1.807) is 40.2 Å². The number of esters is 1. The van der Waals surface area contributed by atoms with E-state index in [1.165, 1.54) is 12.5 Å². The maximum Gasteiger partial charge on any atom is 0.308 e. The van der Waals surface area contributed by atoms with Gasteiger partial charge in [0.15, 0.2) is 23.0 Å². The van der Waals surface area contributed by atoms with Gasteiger partial charge < -0.3 is 23.7 Å². The number of hydrogen-bond donors (Lipinski definition) is 0. The first kappa shape index (κ1) is 20.9. The van der Waals surface area contributed by atoms with E-state index in [9.17, 15) is 4.79 Å². The van der Waals surface area contributed by atoms with Crippen molar-refractivity contribution >= 4 is 28.2 Å². The summed E-state index contributed by atoms with van der Waals surface area (Å²) >= 11 is 1.76. The van der Waals surface area contributed by atoms with Gasteiger partial charge in [-0.1, -0.05) is 0 Å². The summed E-state index contributed by atoms with van der Waals surface area (Å²) in [5.74, 6) is 3.27. The fourth-order valence-corrected chi connectivity index (χ4v) is 4.49. The summed E-state index contributed by atoms with van der Waals surface area (Å²) in [5, 5.41) is 0. The van der Waals surface area contributed by atoms with Crippen LogP contribution >= 0.6 is 11.8 Å². The molecule has 2 aromatic rings. The minimum atomic E-state index is -0.390. The van der Waals surface area contributed by atoms with Gasteiger partial charge in [-0.15, -0.1) is 11.8 Å². The highest BCUT2D eigenvalue weighted by atomic mass is 32.2. The Morgan fingerprint density at radius 2 is 1.45 bits per heavy atom. The molecule has 0 saturated heterocycles. The Balaban J connectivity index is 2.12. The number of allylic oxidation sites excluding steroid dienone is 1. The van der Waals surface area contributed by atoms with Crippen LogP contribution in [0.3, 0.4) is 0 Å². The zero-order valence-electron chi connectivity index (χ0n) is 17.2. The van der Waals surface area contributed by atoms with Crippen molar-refractivity contribution in [1.29, 1.82) is 0 Å². The molecule has 1 aliphatic heterocycles. The number of thioether (sulfide) groups is 1. The van der Waals surface area contributed by atoms with Crippen molar-refractivity contribution < 1.29 is 28.5 Å². The van der Waals surface area contributed by atoms with Gasteiger partial charge in [-0.2, -0.15) is 0 Å². The van der Waals surface area contributed by atoms with E-state index in [-0.39, 0.29) is 0 Å². The molecule has 7 heteroatoms. The molecule has 0 saturated carbocycles. The van der Waals surface area contributed by atoms with Crippen molar-refractivity contribution in [3.05, 3.63) is 41.5 Å². The van der Waals surface area contributed by atoms with Crippen LogP contribution in [0.4, 0.5) is 0 Å². The second kappa shape index (κ2) is 9.13. The average Bonchev–Trinajstić information content (AvgIpc) is 3.22. The topological polar surface area (TPSA) is 63.2 Å². The molecule has 0 unspecified atom stereocenters. The van der Waals surface area contributed by atoms with Crippen LogP contribution in [0.1, 0.15) is 24.5 Å². The summed E-state index contributed by atoms with van der Waals surface area (Å²) in [6, 6.07) is 9.54. The molecule has 154 valence electrons. The van der Waals surface area contributed by atoms with E-state index in [0.29, 0.717) is 28.7 Å². The Bertz CT molecular complexity index is 925. The van der Waals surface area contributed by atoms with Crippen LogP contribution in [-0.4, -0.2) is 40.2 Å². The lowest BCUT2D eigenvalue weighted by atomic mass is 9.99. The van der Waals surface area contributed by atoms with Crippen molar-refractivity contribution in [2.75, 3.05) is 34.2 Å². The summed E-state index contributed by atoms with van der Waals surface area (Å²) in [4.78, 5) is 12.6. The number of carbonyl (C=O) groups is 1. The maximum atomic E-state index is 11.5. The Kier molecular flexibility index (Phi) is 6.59. The minimum absolute atomic E-state index is 0.390. The molecule has 0 radical (unpaired) electrons. The van der Waals surface area contributed by atoms with Crippen LogP contribution in [-0.2, 0) is 4.79 Å². The fraction of sp³-hybridized carbons (Fsp3) is 0.318. The summed E-state index contributed by atoms with van der Waals surface area (Å²) in [7, 11) is 6.35. The normalized spacial score (nSPS) is 13.3. The summed E-state index contributed by atoms with van der Waals surface area (Å²) in [6.07, 6.45) is 0.896. The molecule has 0 amide bonds. The van der Waals surface area contributed by atoms with Crippen LogP contribution in [0.5, 0.6) is 28.7 Å². The Morgan fingerprint density at radius 1 is 0.828 bits per heavy atom. The van der Waals surface area contributed by atoms with Crippen molar-refractivity contribution in [3.8, 4) is 28.7 Å². The first-order chi connectivity index (χ1) is 14.0. The molecule has 29 heavy (non-hydrogen) atoms. The minimum Gasteiger partial charge on any atom is -0.493 e. The summed E-state index contributed by atoms with van der Waals surface area (Å²) in [6.45, 7) is 1.37. The molecule has 0 spiro atoms. The number of carbonyl (C=O) groups excluding carboxylic acids is 1. The van der Waals surface area contributed by atoms with Gasteiger partial charge in [0.25, 0.3) is 0 Å². The fourth-order valence-electron chi connectivity index (χ4n) is 3.30. The standard InChI is InChI=1S/C22H24O6S/c1-13(23)28-18-10-14(6-7-17(18)24-2)22-16(8-9-29-22)15-11-19(25-3)21(27-5)20(12-15)26-4/h6-7,10-12H,8-9H2,1-5H3. The lowest BCUT2D eigenvalue weighted by Gasteiger charge is -2.16. The van der Waals surface area contributed by atoms with E-state index < -0.39 is 5.97 Å². The van der Waals surface area contributed by atoms with Crippen LogP contribution in [0, 0.1) is 0 Å². The van der Waals surface area contributed by atoms with Crippen LogP contribution in [0.25, 0.3) is 10.5 Å². The van der Waals surface area contributed by atoms with E-state index >= 15 is 0 Å². The largest absolute Gasteiger partial charge is 0.493 e. The van der Waals surface area contributed by atoms with Gasteiger partial charge in [0.1, 0.15) is 0 Å². The highest BCUT2D eigenvalue weighted by molar-refractivity contribution is 8.08. The van der Waals surface area contributed by atoms with E-state index in [1.807, 2.05) is 30.3 Å². The number of benzene rings is 2. The zero-order valence-corrected chi connectivity index (χ0v) is 18.0. The van der Waals surface area contributed by atoms with E-state index in [2.05, 4.69) is 0 Å². The molecule has 0 N–H and O–H groups in total. The van der Waals surface area contributed by atoms with Gasteiger partial charge in [0.05, 0.1) is 28.4 Å². The van der Waals surface area contributed by atoms with Crippen LogP contribution in [0.15, 0.2) is 30.3 Å².